The van der Waals surface area contributed by atoms with Crippen molar-refractivity contribution in [2.75, 3.05) is 30.9 Å². The first-order valence-electron chi connectivity index (χ1n) is 11.7. The number of fused-ring (bicyclic) bond motifs is 1. The lowest BCUT2D eigenvalue weighted by Crippen LogP contribution is -2.34. The summed E-state index contributed by atoms with van der Waals surface area (Å²) in [4.78, 5) is 25.4. The Hall–Kier alpha value is -3.41. The van der Waals surface area contributed by atoms with E-state index in [-0.39, 0.29) is 29.9 Å². The molecule has 1 saturated carbocycles. The third-order valence-corrected chi connectivity index (χ3v) is 6.62. The Morgan fingerprint density at radius 1 is 1.09 bits per heavy atom. The summed E-state index contributed by atoms with van der Waals surface area (Å²) < 4.78 is 49.3. The van der Waals surface area contributed by atoms with Crippen LogP contribution < -0.4 is 16.0 Å². The molecule has 2 aromatic heterocycles. The highest BCUT2D eigenvalue weighted by Crippen LogP contribution is 2.32. The van der Waals surface area contributed by atoms with Gasteiger partial charge in [0.2, 0.25) is 17.8 Å². The zero-order valence-electron chi connectivity index (χ0n) is 19.2. The number of aromatic nitrogens is 4. The van der Waals surface area contributed by atoms with Crippen LogP contribution >= 0.6 is 0 Å². The van der Waals surface area contributed by atoms with Gasteiger partial charge in [0, 0.05) is 37.7 Å². The molecule has 2 aliphatic rings. The molecule has 1 aliphatic heterocycles. The number of halogens is 3. The topological polar surface area (TPSA) is 106 Å². The molecule has 1 amide bonds. The van der Waals surface area contributed by atoms with Gasteiger partial charge in [0.05, 0.1) is 18.8 Å². The fraction of sp³-hybridized carbons (Fsp3) is 0.478. The van der Waals surface area contributed by atoms with Crippen LogP contribution in [0.15, 0.2) is 18.3 Å². The summed E-state index contributed by atoms with van der Waals surface area (Å²) in [5.41, 5.74) is 0.430. The molecule has 35 heavy (non-hydrogen) atoms. The van der Waals surface area contributed by atoms with Crippen LogP contribution in [0.3, 0.4) is 0 Å². The highest BCUT2D eigenvalue weighted by Gasteiger charge is 2.28. The van der Waals surface area contributed by atoms with Crippen LogP contribution in [0.5, 0.6) is 0 Å². The van der Waals surface area contributed by atoms with Crippen molar-refractivity contribution in [3.63, 3.8) is 0 Å². The van der Waals surface area contributed by atoms with E-state index in [9.17, 15) is 18.0 Å². The first kappa shape index (κ1) is 23.3. The van der Waals surface area contributed by atoms with Crippen molar-refractivity contribution < 1.29 is 22.7 Å². The number of hydrogen-bond donors (Lipinski definition) is 3. The number of hydrogen-bond acceptors (Lipinski definition) is 7. The lowest BCUT2D eigenvalue weighted by atomic mass is 9.85. The maximum atomic E-state index is 14.3. The van der Waals surface area contributed by atoms with Gasteiger partial charge in [-0.05, 0) is 32.1 Å². The summed E-state index contributed by atoms with van der Waals surface area (Å²) in [5.74, 6) is -2.48. The average Bonchev–Trinajstić information content (AvgIpc) is 3.48. The Morgan fingerprint density at radius 3 is 2.49 bits per heavy atom. The molecule has 9 nitrogen and oxygen atoms in total. The van der Waals surface area contributed by atoms with E-state index in [1.54, 1.807) is 17.8 Å². The van der Waals surface area contributed by atoms with Gasteiger partial charge in [0.1, 0.15) is 17.0 Å². The van der Waals surface area contributed by atoms with Gasteiger partial charge in [-0.3, -0.25) is 9.36 Å². The molecule has 0 bridgehead atoms. The second kappa shape index (κ2) is 9.68. The van der Waals surface area contributed by atoms with Crippen molar-refractivity contribution >= 4 is 34.7 Å². The van der Waals surface area contributed by atoms with Gasteiger partial charge in [0.15, 0.2) is 17.3 Å². The van der Waals surface area contributed by atoms with E-state index in [1.807, 2.05) is 0 Å². The number of benzene rings is 1. The normalized spacial score (nSPS) is 22.3. The molecule has 3 aromatic rings. The number of carbonyl (C=O) groups is 1. The number of anilines is 3. The van der Waals surface area contributed by atoms with Crippen LogP contribution in [0.2, 0.25) is 0 Å². The third-order valence-electron chi connectivity index (χ3n) is 6.62. The Morgan fingerprint density at radius 2 is 1.83 bits per heavy atom. The minimum absolute atomic E-state index is 0.0196. The van der Waals surface area contributed by atoms with E-state index < -0.39 is 23.1 Å². The smallest absolute Gasteiger partial charge is 0.224 e. The number of imidazole rings is 1. The van der Waals surface area contributed by atoms with Gasteiger partial charge in [-0.2, -0.15) is 4.98 Å². The number of ether oxygens (including phenoxy) is 1. The van der Waals surface area contributed by atoms with E-state index >= 15 is 0 Å². The van der Waals surface area contributed by atoms with Crippen molar-refractivity contribution in [1.29, 1.82) is 0 Å². The third kappa shape index (κ3) is 4.75. The number of carbonyl (C=O) groups excluding carboxylic acids is 1. The molecular weight excluding hydrogens is 463 g/mol. The van der Waals surface area contributed by atoms with Crippen molar-refractivity contribution in [3.8, 4) is 0 Å². The quantitative estimate of drug-likeness (QED) is 0.485. The summed E-state index contributed by atoms with van der Waals surface area (Å²) in [6, 6.07) is 1.19. The predicted molar refractivity (Wildman–Crippen MR) is 123 cm³/mol. The van der Waals surface area contributed by atoms with Crippen LogP contribution in [0.4, 0.5) is 30.8 Å². The molecular formula is C23H26F3N7O2. The maximum Gasteiger partial charge on any atom is 0.224 e. The van der Waals surface area contributed by atoms with Gasteiger partial charge in [-0.15, -0.1) is 0 Å². The molecule has 3 N–H and O–H groups in total. The molecule has 12 heteroatoms. The standard InChI is InChI=1S/C23H26F3N7O2/c1-27-21(34)12-2-4-14(5-3-12)29-22-28-10-18-20(32-22)33(15-6-7-35-11-15)23(30-18)31-19-16(25)8-13(24)9-17(19)26/h8-10,12,14-15H,2-7,11H2,1H3,(H,27,34)(H,30,31)(H,28,29,32)/t12-,14-,15-/m1/s1. The zero-order valence-corrected chi connectivity index (χ0v) is 19.2. The molecule has 1 atom stereocenters. The highest BCUT2D eigenvalue weighted by molar-refractivity contribution is 5.78. The number of nitrogens with zero attached hydrogens (tertiary/aromatic N) is 4. The van der Waals surface area contributed by atoms with E-state index in [1.165, 1.54) is 0 Å². The van der Waals surface area contributed by atoms with Gasteiger partial charge in [-0.1, -0.05) is 0 Å². The second-order valence-corrected chi connectivity index (χ2v) is 8.90. The first-order valence-corrected chi connectivity index (χ1v) is 11.7. The predicted octanol–water partition coefficient (Wildman–Crippen LogP) is 3.67. The minimum Gasteiger partial charge on any atom is -0.379 e. The van der Waals surface area contributed by atoms with Gasteiger partial charge in [-0.25, -0.2) is 23.1 Å². The number of amides is 1. The monoisotopic (exact) mass is 489 g/mol. The molecule has 3 heterocycles. The lowest BCUT2D eigenvalue weighted by molar-refractivity contribution is -0.125. The summed E-state index contributed by atoms with van der Waals surface area (Å²) >= 11 is 0. The Labute approximate surface area is 199 Å². The van der Waals surface area contributed by atoms with E-state index in [0.717, 1.165) is 25.7 Å². The average molecular weight is 490 g/mol. The van der Waals surface area contributed by atoms with Gasteiger partial charge >= 0.3 is 0 Å². The summed E-state index contributed by atoms with van der Waals surface area (Å²) in [7, 11) is 1.65. The van der Waals surface area contributed by atoms with Crippen LogP contribution in [-0.2, 0) is 9.53 Å². The fourth-order valence-corrected chi connectivity index (χ4v) is 4.78. The minimum atomic E-state index is -1.07. The Bertz CT molecular complexity index is 1210. The fourth-order valence-electron chi connectivity index (χ4n) is 4.78. The highest BCUT2D eigenvalue weighted by atomic mass is 19.1. The molecule has 0 radical (unpaired) electrons. The van der Waals surface area contributed by atoms with Crippen LogP contribution in [0, 0.1) is 23.4 Å². The molecule has 0 spiro atoms. The molecule has 1 aliphatic carbocycles. The van der Waals surface area contributed by atoms with E-state index in [2.05, 4.69) is 30.9 Å². The van der Waals surface area contributed by atoms with Crippen molar-refractivity contribution in [2.24, 2.45) is 5.92 Å². The van der Waals surface area contributed by atoms with E-state index in [4.69, 9.17) is 4.74 Å². The Kier molecular flexibility index (Phi) is 6.46. The molecule has 0 unspecified atom stereocenters. The molecule has 1 saturated heterocycles. The SMILES string of the molecule is CNC(=O)[C@H]1CC[C@H](Nc2ncc3nc(Nc4c(F)cc(F)cc4F)n([C@@H]4CCOC4)c3n2)CC1. The summed E-state index contributed by atoms with van der Waals surface area (Å²) in [6.07, 6.45) is 5.40. The zero-order chi connectivity index (χ0) is 24.5. The van der Waals surface area contributed by atoms with Crippen LogP contribution in [0.25, 0.3) is 11.2 Å². The molecule has 1 aromatic carbocycles. The van der Waals surface area contributed by atoms with Crippen molar-refractivity contribution in [2.45, 2.75) is 44.2 Å². The van der Waals surface area contributed by atoms with Gasteiger partial charge < -0.3 is 20.7 Å². The molecule has 5 rings (SSSR count). The maximum absolute atomic E-state index is 14.3. The van der Waals surface area contributed by atoms with Crippen LogP contribution in [0.1, 0.15) is 38.1 Å². The van der Waals surface area contributed by atoms with Crippen molar-refractivity contribution in [3.05, 3.63) is 35.8 Å². The van der Waals surface area contributed by atoms with E-state index in [0.29, 0.717) is 48.9 Å². The van der Waals surface area contributed by atoms with Crippen LogP contribution in [-0.4, -0.2) is 51.7 Å². The summed E-state index contributed by atoms with van der Waals surface area (Å²) in [5, 5.41) is 8.73. The molecule has 2 fully saturated rings. The molecule has 186 valence electrons. The Balaban J connectivity index is 1.43. The lowest BCUT2D eigenvalue weighted by Gasteiger charge is -2.28. The number of nitrogens with one attached hydrogen (secondary N) is 3. The van der Waals surface area contributed by atoms with Crippen molar-refractivity contribution in [1.82, 2.24) is 24.8 Å². The first-order chi connectivity index (χ1) is 16.9. The largest absolute Gasteiger partial charge is 0.379 e. The second-order valence-electron chi connectivity index (χ2n) is 8.90. The number of rotatable bonds is 6. The summed E-state index contributed by atoms with van der Waals surface area (Å²) in [6.45, 7) is 0.929. The van der Waals surface area contributed by atoms with Gasteiger partial charge in [0.25, 0.3) is 0 Å².